The molecule has 2 rings (SSSR count). The number of hydrogen-bond donors (Lipinski definition) is 2. The van der Waals surface area contributed by atoms with Crippen LogP contribution in [0.25, 0.3) is 0 Å². The Morgan fingerprint density at radius 2 is 2.09 bits per heavy atom. The van der Waals surface area contributed by atoms with E-state index in [1.807, 2.05) is 13.0 Å². The maximum atomic E-state index is 11.7. The maximum Gasteiger partial charge on any atom is 0.252 e. The number of carbonyl (C=O) groups is 1. The molecule has 0 aromatic carbocycles. The van der Waals surface area contributed by atoms with E-state index in [0.29, 0.717) is 12.1 Å². The highest BCUT2D eigenvalue weighted by atomic mass is 16.5. The number of carbonyl (C=O) groups excluding carboxylic acids is 1. The molecule has 1 aromatic rings. The van der Waals surface area contributed by atoms with Crippen LogP contribution in [0.5, 0.6) is 0 Å². The van der Waals surface area contributed by atoms with Gasteiger partial charge in [0.15, 0.2) is 0 Å². The average Bonchev–Trinajstić information content (AvgIpc) is 2.54. The van der Waals surface area contributed by atoms with Gasteiger partial charge < -0.3 is 20.3 Å². The smallest absolute Gasteiger partial charge is 0.252 e. The van der Waals surface area contributed by atoms with E-state index in [1.165, 1.54) is 0 Å². The Bertz CT molecular complexity index is 481. The summed E-state index contributed by atoms with van der Waals surface area (Å²) in [6.45, 7) is 4.92. The Morgan fingerprint density at radius 3 is 2.64 bits per heavy atom. The molecule has 1 fully saturated rings. The Hall–Kier alpha value is -1.66. The van der Waals surface area contributed by atoms with Gasteiger partial charge in [-0.3, -0.25) is 4.79 Å². The third-order valence-electron chi connectivity index (χ3n) is 4.33. The second-order valence-electron chi connectivity index (χ2n) is 5.88. The SMILES string of the molecule is CCNC(=O)c1ccc(NCC2(N(C)C)CCOCC2)nc1. The van der Waals surface area contributed by atoms with Crippen LogP contribution in [0.3, 0.4) is 0 Å². The van der Waals surface area contributed by atoms with Crippen LogP contribution in [-0.2, 0) is 4.74 Å². The van der Waals surface area contributed by atoms with Crippen molar-refractivity contribution >= 4 is 11.7 Å². The normalized spacial score (nSPS) is 17.3. The molecule has 2 N–H and O–H groups in total. The predicted octanol–water partition coefficient (Wildman–Crippen LogP) is 1.35. The molecule has 0 unspecified atom stereocenters. The number of likely N-dealkylation sites (N-methyl/N-ethyl adjacent to an activating group) is 1. The molecule has 0 atom stereocenters. The summed E-state index contributed by atoms with van der Waals surface area (Å²) in [6, 6.07) is 3.65. The molecule has 0 radical (unpaired) electrons. The summed E-state index contributed by atoms with van der Waals surface area (Å²) in [7, 11) is 4.22. The minimum atomic E-state index is -0.0873. The van der Waals surface area contributed by atoms with E-state index in [0.717, 1.165) is 38.4 Å². The number of ether oxygens (including phenoxy) is 1. The first-order valence-electron chi connectivity index (χ1n) is 7.81. The highest BCUT2D eigenvalue weighted by Gasteiger charge is 2.34. The molecule has 0 spiro atoms. The number of pyridine rings is 1. The lowest BCUT2D eigenvalue weighted by Crippen LogP contribution is -2.53. The average molecular weight is 306 g/mol. The minimum Gasteiger partial charge on any atom is -0.381 e. The zero-order chi connectivity index (χ0) is 16.0. The van der Waals surface area contributed by atoms with E-state index in [1.54, 1.807) is 12.3 Å². The Labute approximate surface area is 132 Å². The molecule has 22 heavy (non-hydrogen) atoms. The van der Waals surface area contributed by atoms with E-state index < -0.39 is 0 Å². The number of anilines is 1. The second kappa shape index (κ2) is 7.56. The van der Waals surface area contributed by atoms with Crippen LogP contribution < -0.4 is 10.6 Å². The van der Waals surface area contributed by atoms with Gasteiger partial charge in [-0.2, -0.15) is 0 Å². The molecule has 2 heterocycles. The highest BCUT2D eigenvalue weighted by Crippen LogP contribution is 2.26. The number of amides is 1. The van der Waals surface area contributed by atoms with Crippen molar-refractivity contribution in [2.75, 3.05) is 45.7 Å². The summed E-state index contributed by atoms with van der Waals surface area (Å²) in [5, 5.41) is 6.16. The summed E-state index contributed by atoms with van der Waals surface area (Å²) in [5.74, 6) is 0.705. The third-order valence-corrected chi connectivity index (χ3v) is 4.33. The fraction of sp³-hybridized carbons (Fsp3) is 0.625. The van der Waals surface area contributed by atoms with Crippen LogP contribution in [0.2, 0.25) is 0 Å². The van der Waals surface area contributed by atoms with Gasteiger partial charge in [-0.05, 0) is 46.0 Å². The summed E-state index contributed by atoms with van der Waals surface area (Å²) in [4.78, 5) is 18.3. The predicted molar refractivity (Wildman–Crippen MR) is 87.2 cm³/mol. The molecule has 1 aliphatic rings. The molecule has 0 aliphatic carbocycles. The van der Waals surface area contributed by atoms with Crippen LogP contribution in [-0.4, -0.2) is 61.7 Å². The molecule has 1 saturated heterocycles. The quantitative estimate of drug-likeness (QED) is 0.830. The van der Waals surface area contributed by atoms with Gasteiger partial charge in [0.05, 0.1) is 5.56 Å². The molecule has 6 heteroatoms. The third kappa shape index (κ3) is 3.96. The number of aromatic nitrogens is 1. The van der Waals surface area contributed by atoms with Crippen molar-refractivity contribution in [2.24, 2.45) is 0 Å². The van der Waals surface area contributed by atoms with Crippen molar-refractivity contribution in [1.82, 2.24) is 15.2 Å². The van der Waals surface area contributed by atoms with E-state index >= 15 is 0 Å². The Morgan fingerprint density at radius 1 is 1.36 bits per heavy atom. The van der Waals surface area contributed by atoms with Gasteiger partial charge in [0.1, 0.15) is 5.82 Å². The first-order valence-corrected chi connectivity index (χ1v) is 7.81. The van der Waals surface area contributed by atoms with Crippen molar-refractivity contribution in [3.05, 3.63) is 23.9 Å². The van der Waals surface area contributed by atoms with E-state index in [4.69, 9.17) is 4.74 Å². The van der Waals surface area contributed by atoms with Crippen molar-refractivity contribution in [3.8, 4) is 0 Å². The zero-order valence-electron chi connectivity index (χ0n) is 13.7. The van der Waals surface area contributed by atoms with E-state index in [2.05, 4.69) is 34.6 Å². The topological polar surface area (TPSA) is 66.5 Å². The van der Waals surface area contributed by atoms with Gasteiger partial charge in [0.2, 0.25) is 0 Å². The van der Waals surface area contributed by atoms with Gasteiger partial charge >= 0.3 is 0 Å². The standard InChI is InChI=1S/C16H26N4O2/c1-4-17-15(21)13-5-6-14(18-11-13)19-12-16(20(2)3)7-9-22-10-8-16/h5-6,11H,4,7-10,12H2,1-3H3,(H,17,21)(H,18,19). The number of nitrogens with zero attached hydrogens (tertiary/aromatic N) is 2. The lowest BCUT2D eigenvalue weighted by Gasteiger charge is -2.43. The summed E-state index contributed by atoms with van der Waals surface area (Å²) < 4.78 is 5.48. The van der Waals surface area contributed by atoms with Crippen LogP contribution in [0, 0.1) is 0 Å². The molecular weight excluding hydrogens is 280 g/mol. The Balaban J connectivity index is 1.97. The van der Waals surface area contributed by atoms with Crippen LogP contribution in [0.1, 0.15) is 30.1 Å². The van der Waals surface area contributed by atoms with Crippen molar-refractivity contribution in [1.29, 1.82) is 0 Å². The van der Waals surface area contributed by atoms with Crippen LogP contribution >= 0.6 is 0 Å². The highest BCUT2D eigenvalue weighted by molar-refractivity contribution is 5.93. The lowest BCUT2D eigenvalue weighted by molar-refractivity contribution is -0.000665. The van der Waals surface area contributed by atoms with Gasteiger partial charge in [0.25, 0.3) is 5.91 Å². The molecule has 122 valence electrons. The summed E-state index contributed by atoms with van der Waals surface area (Å²) in [6.07, 6.45) is 3.62. The molecule has 1 aromatic heterocycles. The maximum absolute atomic E-state index is 11.7. The summed E-state index contributed by atoms with van der Waals surface area (Å²) >= 11 is 0. The van der Waals surface area contributed by atoms with Crippen molar-refractivity contribution < 1.29 is 9.53 Å². The van der Waals surface area contributed by atoms with Crippen molar-refractivity contribution in [3.63, 3.8) is 0 Å². The molecule has 0 bridgehead atoms. The molecule has 1 amide bonds. The molecular formula is C16H26N4O2. The second-order valence-corrected chi connectivity index (χ2v) is 5.88. The molecule has 6 nitrogen and oxygen atoms in total. The van der Waals surface area contributed by atoms with E-state index in [-0.39, 0.29) is 11.4 Å². The monoisotopic (exact) mass is 306 g/mol. The number of nitrogens with one attached hydrogen (secondary N) is 2. The first-order chi connectivity index (χ1) is 10.6. The largest absolute Gasteiger partial charge is 0.381 e. The Kier molecular flexibility index (Phi) is 5.74. The molecule has 1 aliphatic heterocycles. The van der Waals surface area contributed by atoms with Gasteiger partial charge in [-0.25, -0.2) is 4.98 Å². The lowest BCUT2D eigenvalue weighted by atomic mass is 9.88. The fourth-order valence-corrected chi connectivity index (χ4v) is 2.68. The van der Waals surface area contributed by atoms with Crippen LogP contribution in [0.4, 0.5) is 5.82 Å². The molecule has 0 saturated carbocycles. The van der Waals surface area contributed by atoms with Crippen molar-refractivity contribution in [2.45, 2.75) is 25.3 Å². The summed E-state index contributed by atoms with van der Waals surface area (Å²) in [5.41, 5.74) is 0.679. The van der Waals surface area contributed by atoms with E-state index in [9.17, 15) is 4.79 Å². The zero-order valence-corrected chi connectivity index (χ0v) is 13.7. The first kappa shape index (κ1) is 16.7. The van der Waals surface area contributed by atoms with Gasteiger partial charge in [0, 0.05) is 38.0 Å². The van der Waals surface area contributed by atoms with Gasteiger partial charge in [-0.15, -0.1) is 0 Å². The number of hydrogen-bond acceptors (Lipinski definition) is 5. The minimum absolute atomic E-state index is 0.0873. The number of rotatable bonds is 6. The van der Waals surface area contributed by atoms with Crippen LogP contribution in [0.15, 0.2) is 18.3 Å². The van der Waals surface area contributed by atoms with Gasteiger partial charge in [-0.1, -0.05) is 0 Å². The fourth-order valence-electron chi connectivity index (χ4n) is 2.68.